The standard InChI is InChI=1S/C9H12BrF2N3/c10-7-5-15(14-8(7)13)4-6-1-2-9(11,12)3-6/h5-6H,1-4H2,(H2,13,14). The zero-order valence-electron chi connectivity index (χ0n) is 8.09. The van der Waals surface area contributed by atoms with Crippen LogP contribution in [0.1, 0.15) is 19.3 Å². The van der Waals surface area contributed by atoms with Gasteiger partial charge in [0, 0.05) is 25.6 Å². The molecule has 1 aliphatic rings. The molecular weight excluding hydrogens is 268 g/mol. The first-order valence-electron chi connectivity index (χ1n) is 4.82. The van der Waals surface area contributed by atoms with Crippen molar-refractivity contribution in [2.24, 2.45) is 5.92 Å². The summed E-state index contributed by atoms with van der Waals surface area (Å²) in [6.07, 6.45) is 2.25. The lowest BCUT2D eigenvalue weighted by molar-refractivity contribution is 0.00423. The molecule has 0 bridgehead atoms. The largest absolute Gasteiger partial charge is 0.381 e. The summed E-state index contributed by atoms with van der Waals surface area (Å²) in [5.74, 6) is -2.08. The zero-order chi connectivity index (χ0) is 11.1. The van der Waals surface area contributed by atoms with E-state index in [4.69, 9.17) is 5.73 Å². The molecule has 2 rings (SSSR count). The Morgan fingerprint density at radius 1 is 1.67 bits per heavy atom. The Morgan fingerprint density at radius 2 is 2.40 bits per heavy atom. The molecule has 6 heteroatoms. The molecule has 1 fully saturated rings. The van der Waals surface area contributed by atoms with Gasteiger partial charge < -0.3 is 5.73 Å². The van der Waals surface area contributed by atoms with Gasteiger partial charge in [0.2, 0.25) is 5.92 Å². The minimum absolute atomic E-state index is 0.00438. The van der Waals surface area contributed by atoms with Crippen LogP contribution >= 0.6 is 15.9 Å². The number of hydrogen-bond donors (Lipinski definition) is 1. The fourth-order valence-electron chi connectivity index (χ4n) is 1.97. The zero-order valence-corrected chi connectivity index (χ0v) is 9.67. The molecule has 1 aliphatic carbocycles. The summed E-state index contributed by atoms with van der Waals surface area (Å²) in [4.78, 5) is 0. The first kappa shape index (κ1) is 10.9. The van der Waals surface area contributed by atoms with Crippen molar-refractivity contribution in [2.75, 3.05) is 5.73 Å². The van der Waals surface area contributed by atoms with E-state index in [1.807, 2.05) is 0 Å². The summed E-state index contributed by atoms with van der Waals surface area (Å²) >= 11 is 3.23. The second-order valence-corrected chi connectivity index (χ2v) is 4.90. The summed E-state index contributed by atoms with van der Waals surface area (Å²) in [6, 6.07) is 0. The van der Waals surface area contributed by atoms with Gasteiger partial charge in [-0.15, -0.1) is 0 Å². The molecule has 1 unspecified atom stereocenters. The molecule has 3 nitrogen and oxygen atoms in total. The van der Waals surface area contributed by atoms with Crippen molar-refractivity contribution < 1.29 is 8.78 Å². The lowest BCUT2D eigenvalue weighted by Gasteiger charge is -2.10. The van der Waals surface area contributed by atoms with Crippen LogP contribution in [-0.2, 0) is 6.54 Å². The maximum Gasteiger partial charge on any atom is 0.248 e. The Labute approximate surface area is 94.8 Å². The smallest absolute Gasteiger partial charge is 0.248 e. The Bertz CT molecular complexity index is 345. The predicted molar refractivity (Wildman–Crippen MR) is 56.6 cm³/mol. The maximum absolute atomic E-state index is 12.9. The Morgan fingerprint density at radius 3 is 2.87 bits per heavy atom. The van der Waals surface area contributed by atoms with Crippen molar-refractivity contribution in [3.8, 4) is 0 Å². The summed E-state index contributed by atoms with van der Waals surface area (Å²) in [6.45, 7) is 0.519. The Kier molecular flexibility index (Phi) is 2.70. The normalized spacial score (nSPS) is 24.6. The number of hydrogen-bond acceptors (Lipinski definition) is 2. The van der Waals surface area contributed by atoms with E-state index in [1.165, 1.54) is 0 Å². The highest BCUT2D eigenvalue weighted by Gasteiger charge is 2.39. The van der Waals surface area contributed by atoms with Crippen LogP contribution in [0.15, 0.2) is 10.7 Å². The van der Waals surface area contributed by atoms with Gasteiger partial charge in [-0.1, -0.05) is 0 Å². The summed E-state index contributed by atoms with van der Waals surface area (Å²) < 4.78 is 28.2. The molecule has 84 valence electrons. The van der Waals surface area contributed by atoms with Crippen molar-refractivity contribution in [1.82, 2.24) is 9.78 Å². The lowest BCUT2D eigenvalue weighted by Crippen LogP contribution is -2.13. The average molecular weight is 280 g/mol. The van der Waals surface area contributed by atoms with Crippen LogP contribution in [0.2, 0.25) is 0 Å². The van der Waals surface area contributed by atoms with Crippen LogP contribution in [0.25, 0.3) is 0 Å². The third kappa shape index (κ3) is 2.48. The molecule has 0 saturated heterocycles. The van der Waals surface area contributed by atoms with E-state index in [0.29, 0.717) is 23.3 Å². The van der Waals surface area contributed by atoms with E-state index in [2.05, 4.69) is 21.0 Å². The Hall–Kier alpha value is -0.650. The quantitative estimate of drug-likeness (QED) is 0.905. The monoisotopic (exact) mass is 279 g/mol. The van der Waals surface area contributed by atoms with Crippen molar-refractivity contribution in [3.05, 3.63) is 10.7 Å². The van der Waals surface area contributed by atoms with Crippen LogP contribution in [-0.4, -0.2) is 15.7 Å². The lowest BCUT2D eigenvalue weighted by atomic mass is 10.1. The van der Waals surface area contributed by atoms with E-state index in [0.717, 1.165) is 0 Å². The topological polar surface area (TPSA) is 43.8 Å². The second kappa shape index (κ2) is 3.73. The number of alkyl halides is 2. The summed E-state index contributed by atoms with van der Waals surface area (Å²) in [5.41, 5.74) is 5.54. The fourth-order valence-corrected chi connectivity index (χ4v) is 2.28. The van der Waals surface area contributed by atoms with Crippen LogP contribution < -0.4 is 5.73 Å². The SMILES string of the molecule is Nc1nn(CC2CCC(F)(F)C2)cc1Br. The maximum atomic E-state index is 12.9. The van der Waals surface area contributed by atoms with Gasteiger partial charge in [-0.2, -0.15) is 5.10 Å². The molecule has 1 heterocycles. The van der Waals surface area contributed by atoms with Gasteiger partial charge in [-0.05, 0) is 28.3 Å². The van der Waals surface area contributed by atoms with Gasteiger partial charge in [-0.3, -0.25) is 4.68 Å². The van der Waals surface area contributed by atoms with Gasteiger partial charge in [0.05, 0.1) is 4.47 Å². The van der Waals surface area contributed by atoms with Crippen molar-refractivity contribution in [3.63, 3.8) is 0 Å². The first-order valence-corrected chi connectivity index (χ1v) is 5.62. The van der Waals surface area contributed by atoms with Gasteiger partial charge in [0.25, 0.3) is 0 Å². The molecule has 0 spiro atoms. The number of aromatic nitrogens is 2. The molecular formula is C9H12BrF2N3. The highest BCUT2D eigenvalue weighted by molar-refractivity contribution is 9.10. The molecule has 15 heavy (non-hydrogen) atoms. The summed E-state index contributed by atoms with van der Waals surface area (Å²) in [7, 11) is 0. The number of nitrogens with zero attached hydrogens (tertiary/aromatic N) is 2. The van der Waals surface area contributed by atoms with Gasteiger partial charge in [0.15, 0.2) is 5.82 Å². The molecule has 1 aromatic heterocycles. The van der Waals surface area contributed by atoms with Gasteiger partial charge in [-0.25, -0.2) is 8.78 Å². The molecule has 0 aliphatic heterocycles. The van der Waals surface area contributed by atoms with Crippen molar-refractivity contribution in [1.29, 1.82) is 0 Å². The van der Waals surface area contributed by atoms with E-state index >= 15 is 0 Å². The Balaban J connectivity index is 1.98. The van der Waals surface area contributed by atoms with Crippen LogP contribution in [0.3, 0.4) is 0 Å². The van der Waals surface area contributed by atoms with E-state index in [1.54, 1.807) is 10.9 Å². The molecule has 0 amide bonds. The average Bonchev–Trinajstić information content (AvgIpc) is 2.58. The van der Waals surface area contributed by atoms with E-state index in [-0.39, 0.29) is 18.8 Å². The molecule has 1 aromatic rings. The highest BCUT2D eigenvalue weighted by Crippen LogP contribution is 2.39. The molecule has 1 saturated carbocycles. The highest BCUT2D eigenvalue weighted by atomic mass is 79.9. The molecule has 0 radical (unpaired) electrons. The van der Waals surface area contributed by atoms with Crippen LogP contribution in [0.4, 0.5) is 14.6 Å². The first-order chi connectivity index (χ1) is 6.96. The minimum Gasteiger partial charge on any atom is -0.381 e. The van der Waals surface area contributed by atoms with Gasteiger partial charge >= 0.3 is 0 Å². The number of nitrogen functional groups attached to an aromatic ring is 1. The van der Waals surface area contributed by atoms with E-state index in [9.17, 15) is 8.78 Å². The minimum atomic E-state index is -2.49. The number of rotatable bonds is 2. The third-order valence-electron chi connectivity index (χ3n) is 2.69. The van der Waals surface area contributed by atoms with Crippen LogP contribution in [0.5, 0.6) is 0 Å². The predicted octanol–water partition coefficient (Wildman–Crippen LogP) is 2.66. The number of anilines is 1. The van der Waals surface area contributed by atoms with E-state index < -0.39 is 5.92 Å². The van der Waals surface area contributed by atoms with Crippen molar-refractivity contribution >= 4 is 21.7 Å². The summed E-state index contributed by atoms with van der Waals surface area (Å²) in [5, 5.41) is 4.02. The molecule has 1 atom stereocenters. The number of nitrogens with two attached hydrogens (primary N) is 1. The molecule has 0 aromatic carbocycles. The third-order valence-corrected chi connectivity index (χ3v) is 3.31. The fraction of sp³-hybridized carbons (Fsp3) is 0.667. The number of halogens is 3. The molecule has 2 N–H and O–H groups in total. The second-order valence-electron chi connectivity index (χ2n) is 4.05. The van der Waals surface area contributed by atoms with Gasteiger partial charge in [0.1, 0.15) is 0 Å². The van der Waals surface area contributed by atoms with Crippen molar-refractivity contribution in [2.45, 2.75) is 31.7 Å². The van der Waals surface area contributed by atoms with Crippen LogP contribution in [0, 0.1) is 5.92 Å².